The van der Waals surface area contributed by atoms with Gasteiger partial charge >= 0.3 is 0 Å². The van der Waals surface area contributed by atoms with Crippen molar-refractivity contribution in [2.24, 2.45) is 5.92 Å². The Hall–Kier alpha value is -0.130. The molecule has 5 heteroatoms. The van der Waals surface area contributed by atoms with Crippen LogP contribution in [0.3, 0.4) is 0 Å². The Morgan fingerprint density at radius 2 is 2.19 bits per heavy atom. The molecule has 0 saturated carbocycles. The standard InChI is InChI=1S/C11H21NO3S/c1-16(14,15)8-2-4-11(13)5-7-12-6-3-10(11)9-12/h10,13H,2-9H2,1H3. The van der Waals surface area contributed by atoms with E-state index in [4.69, 9.17) is 0 Å². The van der Waals surface area contributed by atoms with Crippen LogP contribution in [0.4, 0.5) is 0 Å². The predicted molar refractivity (Wildman–Crippen MR) is 63.1 cm³/mol. The van der Waals surface area contributed by atoms with Gasteiger partial charge in [-0.1, -0.05) is 0 Å². The summed E-state index contributed by atoms with van der Waals surface area (Å²) in [7, 11) is -2.89. The number of sulfone groups is 1. The molecule has 3 unspecified atom stereocenters. The van der Waals surface area contributed by atoms with Crippen LogP contribution in [0.5, 0.6) is 0 Å². The molecule has 3 atom stereocenters. The van der Waals surface area contributed by atoms with E-state index in [1.165, 1.54) is 6.26 Å². The Kier molecular flexibility index (Phi) is 3.29. The van der Waals surface area contributed by atoms with Gasteiger partial charge < -0.3 is 10.0 Å². The molecule has 2 aliphatic heterocycles. The van der Waals surface area contributed by atoms with Gasteiger partial charge in [-0.15, -0.1) is 0 Å². The van der Waals surface area contributed by atoms with Gasteiger partial charge in [-0.2, -0.15) is 0 Å². The third-order valence-electron chi connectivity index (χ3n) is 4.02. The molecule has 94 valence electrons. The van der Waals surface area contributed by atoms with E-state index < -0.39 is 15.4 Å². The highest BCUT2D eigenvalue weighted by Crippen LogP contribution is 2.38. The zero-order valence-corrected chi connectivity index (χ0v) is 10.7. The van der Waals surface area contributed by atoms with Crippen LogP contribution in [0.25, 0.3) is 0 Å². The lowest BCUT2D eigenvalue weighted by molar-refractivity contribution is -0.0512. The molecule has 0 aromatic carbocycles. The third kappa shape index (κ3) is 2.76. The minimum atomic E-state index is -2.89. The van der Waals surface area contributed by atoms with Gasteiger partial charge in [0, 0.05) is 31.0 Å². The van der Waals surface area contributed by atoms with Crippen LogP contribution in [0.15, 0.2) is 0 Å². The zero-order chi connectivity index (χ0) is 11.8. The molecule has 16 heavy (non-hydrogen) atoms. The fraction of sp³-hybridized carbons (Fsp3) is 1.00. The van der Waals surface area contributed by atoms with Crippen LogP contribution in [-0.2, 0) is 9.84 Å². The first-order valence-corrected chi connectivity index (χ1v) is 8.08. The number of aliphatic hydroxyl groups is 1. The lowest BCUT2D eigenvalue weighted by Gasteiger charge is -2.38. The predicted octanol–water partition coefficient (Wildman–Crippen LogP) is 0.268. The van der Waals surface area contributed by atoms with Crippen molar-refractivity contribution in [1.82, 2.24) is 4.90 Å². The Balaban J connectivity index is 1.88. The van der Waals surface area contributed by atoms with Crippen molar-refractivity contribution in [2.45, 2.75) is 31.3 Å². The second-order valence-electron chi connectivity index (χ2n) is 5.37. The summed E-state index contributed by atoms with van der Waals surface area (Å²) in [5.74, 6) is 0.562. The first-order chi connectivity index (χ1) is 7.39. The highest BCUT2D eigenvalue weighted by atomic mass is 32.2. The fourth-order valence-electron chi connectivity index (χ4n) is 3.00. The van der Waals surface area contributed by atoms with E-state index in [0.717, 1.165) is 32.5 Å². The molecule has 2 saturated heterocycles. The average molecular weight is 247 g/mol. The molecule has 2 fully saturated rings. The van der Waals surface area contributed by atoms with Crippen LogP contribution in [0.1, 0.15) is 25.7 Å². The van der Waals surface area contributed by atoms with Crippen LogP contribution >= 0.6 is 0 Å². The molecule has 0 radical (unpaired) electrons. The SMILES string of the molecule is CS(=O)(=O)CCCC1(O)CCN2CCC1C2. The van der Waals surface area contributed by atoms with E-state index in [1.807, 2.05) is 0 Å². The average Bonchev–Trinajstić information content (AvgIpc) is 2.56. The van der Waals surface area contributed by atoms with E-state index >= 15 is 0 Å². The Morgan fingerprint density at radius 3 is 2.88 bits per heavy atom. The number of fused-ring (bicyclic) bond motifs is 2. The lowest BCUT2D eigenvalue weighted by Crippen LogP contribution is -2.46. The minimum absolute atomic E-state index is 0.200. The van der Waals surface area contributed by atoms with Gasteiger partial charge in [-0.05, 0) is 32.2 Å². The van der Waals surface area contributed by atoms with Crippen LogP contribution in [-0.4, -0.2) is 55.7 Å². The molecular weight excluding hydrogens is 226 g/mol. The smallest absolute Gasteiger partial charge is 0.147 e. The van der Waals surface area contributed by atoms with Gasteiger partial charge in [0.2, 0.25) is 0 Å². The summed E-state index contributed by atoms with van der Waals surface area (Å²) in [6, 6.07) is 0. The zero-order valence-electron chi connectivity index (χ0n) is 9.85. The van der Waals surface area contributed by atoms with Crippen LogP contribution in [0, 0.1) is 5.92 Å². The first-order valence-electron chi connectivity index (χ1n) is 6.01. The normalized spacial score (nSPS) is 38.9. The number of piperidine rings is 1. The molecule has 2 heterocycles. The van der Waals surface area contributed by atoms with Crippen molar-refractivity contribution in [1.29, 1.82) is 0 Å². The van der Waals surface area contributed by atoms with Gasteiger partial charge in [0.15, 0.2) is 0 Å². The monoisotopic (exact) mass is 247 g/mol. The Bertz CT molecular complexity index is 354. The molecule has 0 spiro atoms. The second kappa shape index (κ2) is 4.27. The summed E-state index contributed by atoms with van der Waals surface area (Å²) in [6.45, 7) is 3.06. The maximum Gasteiger partial charge on any atom is 0.147 e. The van der Waals surface area contributed by atoms with Crippen molar-refractivity contribution < 1.29 is 13.5 Å². The molecule has 2 aliphatic rings. The van der Waals surface area contributed by atoms with E-state index in [9.17, 15) is 13.5 Å². The largest absolute Gasteiger partial charge is 0.390 e. The highest BCUT2D eigenvalue weighted by Gasteiger charge is 2.44. The summed E-state index contributed by atoms with van der Waals surface area (Å²) < 4.78 is 22.1. The molecule has 1 N–H and O–H groups in total. The molecular formula is C11H21NO3S. The molecule has 0 aromatic rings. The van der Waals surface area contributed by atoms with Crippen molar-refractivity contribution in [2.75, 3.05) is 31.6 Å². The topological polar surface area (TPSA) is 57.6 Å². The van der Waals surface area contributed by atoms with Crippen molar-refractivity contribution in [3.63, 3.8) is 0 Å². The summed E-state index contributed by atoms with van der Waals surface area (Å²) in [6.07, 6.45) is 4.36. The van der Waals surface area contributed by atoms with Gasteiger partial charge in [0.1, 0.15) is 9.84 Å². The molecule has 2 rings (SSSR count). The minimum Gasteiger partial charge on any atom is -0.390 e. The maximum absolute atomic E-state index is 11.0. The van der Waals surface area contributed by atoms with Crippen molar-refractivity contribution >= 4 is 9.84 Å². The molecule has 0 amide bonds. The Morgan fingerprint density at radius 1 is 1.44 bits per heavy atom. The molecule has 4 nitrogen and oxygen atoms in total. The van der Waals surface area contributed by atoms with Crippen molar-refractivity contribution in [3.8, 4) is 0 Å². The van der Waals surface area contributed by atoms with Gasteiger partial charge in [-0.3, -0.25) is 0 Å². The van der Waals surface area contributed by atoms with Gasteiger partial charge in [0.25, 0.3) is 0 Å². The van der Waals surface area contributed by atoms with E-state index in [0.29, 0.717) is 18.8 Å². The van der Waals surface area contributed by atoms with Crippen molar-refractivity contribution in [3.05, 3.63) is 0 Å². The van der Waals surface area contributed by atoms with E-state index in [-0.39, 0.29) is 5.75 Å². The number of hydrogen-bond acceptors (Lipinski definition) is 4. The fourth-order valence-corrected chi connectivity index (χ4v) is 3.67. The summed E-state index contributed by atoms with van der Waals surface area (Å²) in [5.41, 5.74) is -0.600. The number of rotatable bonds is 4. The third-order valence-corrected chi connectivity index (χ3v) is 5.05. The van der Waals surface area contributed by atoms with Gasteiger partial charge in [0.05, 0.1) is 5.60 Å². The summed E-state index contributed by atoms with van der Waals surface area (Å²) >= 11 is 0. The number of nitrogens with zero attached hydrogens (tertiary/aromatic N) is 1. The van der Waals surface area contributed by atoms with E-state index in [1.54, 1.807) is 0 Å². The first kappa shape index (κ1) is 12.3. The summed E-state index contributed by atoms with van der Waals surface area (Å²) in [4.78, 5) is 2.38. The van der Waals surface area contributed by atoms with Crippen LogP contribution in [0.2, 0.25) is 0 Å². The number of hydrogen-bond donors (Lipinski definition) is 1. The second-order valence-corrected chi connectivity index (χ2v) is 7.63. The summed E-state index contributed by atoms with van der Waals surface area (Å²) in [5, 5.41) is 10.5. The molecule has 0 aliphatic carbocycles. The van der Waals surface area contributed by atoms with Gasteiger partial charge in [-0.25, -0.2) is 8.42 Å². The van der Waals surface area contributed by atoms with Crippen LogP contribution < -0.4 is 0 Å². The van der Waals surface area contributed by atoms with E-state index in [2.05, 4.69) is 4.90 Å². The molecule has 2 bridgehead atoms. The Labute approximate surface area is 97.6 Å². The molecule has 0 aromatic heterocycles. The quantitative estimate of drug-likeness (QED) is 0.774. The maximum atomic E-state index is 11.0. The highest BCUT2D eigenvalue weighted by molar-refractivity contribution is 7.90. The lowest BCUT2D eigenvalue weighted by atomic mass is 9.79.